The maximum Gasteiger partial charge on any atom is 0.323 e. The van der Waals surface area contributed by atoms with Crippen molar-refractivity contribution in [3.8, 4) is 11.5 Å². The molecule has 1 aliphatic heterocycles. The van der Waals surface area contributed by atoms with Crippen LogP contribution in [0.15, 0.2) is 58.9 Å². The van der Waals surface area contributed by atoms with E-state index in [1.165, 1.54) is 12.1 Å². The fraction of sp³-hybridized carbons (Fsp3) is 0.387. The number of rotatable bonds is 7. The zero-order chi connectivity index (χ0) is 32.3. The van der Waals surface area contributed by atoms with Gasteiger partial charge in [0.1, 0.15) is 12.3 Å². The smallest absolute Gasteiger partial charge is 0.323 e. The molecule has 0 fully saturated rings. The number of nitro groups is 2. The lowest BCUT2D eigenvalue weighted by molar-refractivity contribution is -0.394. The average Bonchev–Trinajstić information content (AvgIpc) is 2.89. The molecule has 0 radical (unpaired) electrons. The van der Waals surface area contributed by atoms with Crippen LogP contribution in [0.3, 0.4) is 0 Å². The quantitative estimate of drug-likeness (QED) is 0.258. The van der Waals surface area contributed by atoms with E-state index >= 15 is 0 Å². The molecular formula is C31H30ClN3O9. The highest BCUT2D eigenvalue weighted by atomic mass is 35.5. The van der Waals surface area contributed by atoms with E-state index in [1.807, 2.05) is 27.7 Å². The van der Waals surface area contributed by atoms with E-state index in [0.29, 0.717) is 40.9 Å². The SMILES string of the molecule is CC1(C)CC(=O)C2=C(C1)N(CC(=O)O)C1=C(C(=O)CC(C)(C)C1)C2c1ccc(Oc2ccc([N+](=O)[O-])cc2[N+](=O)[O-])c(Cl)c1. The highest BCUT2D eigenvalue weighted by Crippen LogP contribution is 2.55. The van der Waals surface area contributed by atoms with E-state index < -0.39 is 50.5 Å². The molecule has 44 heavy (non-hydrogen) atoms. The molecule has 0 spiro atoms. The fourth-order valence-electron chi connectivity index (χ4n) is 6.45. The summed E-state index contributed by atoms with van der Waals surface area (Å²) in [5.41, 5.74) is 0.449. The average molecular weight is 624 g/mol. The number of nitrogens with zero attached hydrogens (tertiary/aromatic N) is 3. The van der Waals surface area contributed by atoms with Gasteiger partial charge in [0.25, 0.3) is 5.69 Å². The van der Waals surface area contributed by atoms with Gasteiger partial charge in [0.2, 0.25) is 5.75 Å². The van der Waals surface area contributed by atoms with E-state index in [2.05, 4.69) is 0 Å². The van der Waals surface area contributed by atoms with Crippen molar-refractivity contribution in [3.05, 3.63) is 89.8 Å². The molecule has 1 N–H and O–H groups in total. The lowest BCUT2D eigenvalue weighted by Gasteiger charge is -2.48. The third-order valence-electron chi connectivity index (χ3n) is 8.17. The monoisotopic (exact) mass is 623 g/mol. The molecule has 5 rings (SSSR count). The molecule has 0 atom stereocenters. The first-order valence-corrected chi connectivity index (χ1v) is 14.3. The molecule has 2 aliphatic carbocycles. The van der Waals surface area contributed by atoms with Gasteiger partial charge in [-0.15, -0.1) is 0 Å². The van der Waals surface area contributed by atoms with E-state index in [4.69, 9.17) is 16.3 Å². The number of carboxylic acid groups (broad SMARTS) is 1. The molecule has 230 valence electrons. The molecule has 2 aromatic carbocycles. The Labute approximate surface area is 257 Å². The Balaban J connectivity index is 1.64. The van der Waals surface area contributed by atoms with Crippen molar-refractivity contribution in [2.45, 2.75) is 59.3 Å². The second-order valence-corrected chi connectivity index (χ2v) is 13.4. The van der Waals surface area contributed by atoms with Crippen molar-refractivity contribution < 1.29 is 34.1 Å². The van der Waals surface area contributed by atoms with E-state index in [0.717, 1.165) is 18.2 Å². The lowest BCUT2D eigenvalue weighted by atomic mass is 9.63. The maximum absolute atomic E-state index is 13.8. The van der Waals surface area contributed by atoms with Crippen molar-refractivity contribution in [2.24, 2.45) is 10.8 Å². The van der Waals surface area contributed by atoms with E-state index in [-0.39, 0.29) is 40.9 Å². The van der Waals surface area contributed by atoms with Gasteiger partial charge < -0.3 is 14.7 Å². The number of Topliss-reactive ketones (excluding diaryl/α,β-unsaturated/α-hetero) is 2. The Hall–Kier alpha value is -4.58. The summed E-state index contributed by atoms with van der Waals surface area (Å²) < 4.78 is 5.72. The first-order chi connectivity index (χ1) is 20.5. The molecule has 12 nitrogen and oxygen atoms in total. The predicted molar refractivity (Wildman–Crippen MR) is 158 cm³/mol. The number of ketones is 2. The molecule has 0 bridgehead atoms. The first kappa shape index (κ1) is 30.9. The summed E-state index contributed by atoms with van der Waals surface area (Å²) in [4.78, 5) is 62.4. The van der Waals surface area contributed by atoms with Gasteiger partial charge in [0.05, 0.1) is 20.9 Å². The van der Waals surface area contributed by atoms with E-state index in [9.17, 15) is 39.7 Å². The van der Waals surface area contributed by atoms with Crippen LogP contribution in [-0.2, 0) is 14.4 Å². The number of ether oxygens (including phenoxy) is 1. The minimum absolute atomic E-state index is 0.0197. The minimum Gasteiger partial charge on any atom is -0.480 e. The van der Waals surface area contributed by atoms with Crippen molar-refractivity contribution in [2.75, 3.05) is 6.54 Å². The van der Waals surface area contributed by atoms with Crippen LogP contribution in [-0.4, -0.2) is 43.9 Å². The summed E-state index contributed by atoms with van der Waals surface area (Å²) in [5, 5.41) is 32.6. The second kappa shape index (κ2) is 10.8. The van der Waals surface area contributed by atoms with Crippen molar-refractivity contribution in [3.63, 3.8) is 0 Å². The topological polar surface area (TPSA) is 170 Å². The summed E-state index contributed by atoms with van der Waals surface area (Å²) in [6.07, 6.45) is 1.29. The summed E-state index contributed by atoms with van der Waals surface area (Å²) in [7, 11) is 0. The molecular weight excluding hydrogens is 594 g/mol. The second-order valence-electron chi connectivity index (χ2n) is 13.0. The molecule has 0 saturated heterocycles. The minimum atomic E-state index is -1.08. The Kier molecular flexibility index (Phi) is 7.61. The number of non-ortho nitro benzene ring substituents is 1. The van der Waals surface area contributed by atoms with Gasteiger partial charge in [0, 0.05) is 47.4 Å². The number of carboxylic acids is 1. The highest BCUT2D eigenvalue weighted by Gasteiger charge is 2.49. The Bertz CT molecular complexity index is 1670. The van der Waals surface area contributed by atoms with Gasteiger partial charge in [0.15, 0.2) is 11.6 Å². The zero-order valence-corrected chi connectivity index (χ0v) is 25.3. The van der Waals surface area contributed by atoms with Crippen molar-refractivity contribution >= 4 is 40.5 Å². The van der Waals surface area contributed by atoms with Crippen LogP contribution in [0.5, 0.6) is 11.5 Å². The number of hydrogen-bond donors (Lipinski definition) is 1. The first-order valence-electron chi connectivity index (χ1n) is 13.9. The van der Waals surface area contributed by atoms with Gasteiger partial charge in [-0.1, -0.05) is 45.4 Å². The predicted octanol–water partition coefficient (Wildman–Crippen LogP) is 6.72. The lowest BCUT2D eigenvalue weighted by Crippen LogP contribution is -2.45. The summed E-state index contributed by atoms with van der Waals surface area (Å²) >= 11 is 6.63. The van der Waals surface area contributed by atoms with Crippen LogP contribution in [0.4, 0.5) is 11.4 Å². The van der Waals surface area contributed by atoms with E-state index in [1.54, 1.807) is 11.0 Å². The van der Waals surface area contributed by atoms with Gasteiger partial charge in [-0.3, -0.25) is 34.6 Å². The Morgan fingerprint density at radius 3 is 1.93 bits per heavy atom. The maximum atomic E-state index is 13.8. The Morgan fingerprint density at radius 2 is 1.45 bits per heavy atom. The summed E-state index contributed by atoms with van der Waals surface area (Å²) in [5.74, 6) is -2.48. The third-order valence-corrected chi connectivity index (χ3v) is 8.47. The highest BCUT2D eigenvalue weighted by molar-refractivity contribution is 6.32. The summed E-state index contributed by atoms with van der Waals surface area (Å²) in [6.45, 7) is 7.40. The molecule has 3 aliphatic rings. The van der Waals surface area contributed by atoms with Crippen LogP contribution in [0, 0.1) is 31.1 Å². The van der Waals surface area contributed by atoms with Gasteiger partial charge in [-0.2, -0.15) is 0 Å². The largest absolute Gasteiger partial charge is 0.480 e. The normalized spacial score (nSPS) is 19.4. The molecule has 0 saturated carbocycles. The number of aliphatic carboxylic acids is 1. The number of halogens is 1. The van der Waals surface area contributed by atoms with Crippen LogP contribution >= 0.6 is 11.6 Å². The molecule has 0 amide bonds. The van der Waals surface area contributed by atoms with Crippen LogP contribution in [0.1, 0.15) is 64.9 Å². The number of allylic oxidation sites excluding steroid dienone is 4. The number of carbonyl (C=O) groups is 3. The molecule has 13 heteroatoms. The van der Waals surface area contributed by atoms with Crippen LogP contribution < -0.4 is 4.74 Å². The molecule has 0 aromatic heterocycles. The van der Waals surface area contributed by atoms with Crippen molar-refractivity contribution in [1.82, 2.24) is 4.90 Å². The number of benzene rings is 2. The fourth-order valence-corrected chi connectivity index (χ4v) is 6.68. The van der Waals surface area contributed by atoms with Gasteiger partial charge in [-0.05, 0) is 47.4 Å². The summed E-state index contributed by atoms with van der Waals surface area (Å²) in [6, 6.07) is 7.58. The van der Waals surface area contributed by atoms with Crippen LogP contribution in [0.2, 0.25) is 5.02 Å². The number of nitro benzene ring substituents is 2. The molecule has 1 heterocycles. The van der Waals surface area contributed by atoms with Gasteiger partial charge in [-0.25, -0.2) is 0 Å². The van der Waals surface area contributed by atoms with Crippen LogP contribution in [0.25, 0.3) is 0 Å². The molecule has 0 unspecified atom stereocenters. The Morgan fingerprint density at radius 1 is 0.909 bits per heavy atom. The zero-order valence-electron chi connectivity index (χ0n) is 24.5. The third kappa shape index (κ3) is 5.69. The number of carbonyl (C=O) groups excluding carboxylic acids is 2. The standard InChI is InChI=1S/C31H30ClN3O9/c1-30(2)11-20-28(22(36)13-30)27(29-21(33(20)15-26(38)39)12-31(3,4)14-23(29)37)16-5-7-24(18(32)9-16)44-25-8-6-17(34(40)41)10-19(25)35(42)43/h5-10,27H,11-15H2,1-4H3,(H,38,39). The molecule has 2 aromatic rings. The number of hydrogen-bond acceptors (Lipinski definition) is 9. The van der Waals surface area contributed by atoms with Gasteiger partial charge >= 0.3 is 11.7 Å². The van der Waals surface area contributed by atoms with Crippen molar-refractivity contribution in [1.29, 1.82) is 0 Å².